The zero-order chi connectivity index (χ0) is 25.1. The molecule has 0 unspecified atom stereocenters. The summed E-state index contributed by atoms with van der Waals surface area (Å²) in [5, 5.41) is 4.53. The third-order valence-corrected chi connectivity index (χ3v) is 6.65. The van der Waals surface area contributed by atoms with Crippen LogP contribution in [0.4, 0.5) is 5.69 Å². The molecule has 1 amide bonds. The van der Waals surface area contributed by atoms with Crippen LogP contribution in [0.5, 0.6) is 11.5 Å². The van der Waals surface area contributed by atoms with Gasteiger partial charge in [-0.2, -0.15) is 0 Å². The highest BCUT2D eigenvalue weighted by Crippen LogP contribution is 2.36. The number of ether oxygens (including phenoxy) is 2. The number of methoxy groups -OCH3 is 1. The third-order valence-electron chi connectivity index (χ3n) is 6.12. The van der Waals surface area contributed by atoms with Gasteiger partial charge in [-0.05, 0) is 53.6 Å². The van der Waals surface area contributed by atoms with E-state index in [0.29, 0.717) is 33.7 Å². The molecule has 5 rings (SSSR count). The van der Waals surface area contributed by atoms with E-state index in [9.17, 15) is 4.79 Å². The average molecular weight is 519 g/mol. The van der Waals surface area contributed by atoms with Crippen LogP contribution < -0.4 is 14.8 Å². The molecule has 0 aromatic heterocycles. The highest BCUT2D eigenvalue weighted by molar-refractivity contribution is 6.35. The summed E-state index contributed by atoms with van der Waals surface area (Å²) in [6.07, 6.45) is -0.378. The molecule has 4 aromatic rings. The first-order valence-electron chi connectivity index (χ1n) is 11.5. The largest absolute Gasteiger partial charge is 0.496 e. The summed E-state index contributed by atoms with van der Waals surface area (Å²) < 4.78 is 11.6. The number of carbonyl (C=O) groups excluding carboxylic acids is 1. The topological polar surface area (TPSA) is 50.8 Å². The molecule has 0 saturated heterocycles. The van der Waals surface area contributed by atoms with Gasteiger partial charge in [0.05, 0.1) is 17.7 Å². The number of fused-ring (bicyclic) bond motifs is 1. The fourth-order valence-corrected chi connectivity index (χ4v) is 4.79. The van der Waals surface area contributed by atoms with Gasteiger partial charge in [0, 0.05) is 22.8 Å². The lowest BCUT2D eigenvalue weighted by Gasteiger charge is -2.38. The first-order chi connectivity index (χ1) is 17.5. The predicted octanol–water partition coefficient (Wildman–Crippen LogP) is 7.35. The van der Waals surface area contributed by atoms with Crippen LogP contribution >= 0.6 is 23.2 Å². The molecule has 182 valence electrons. The summed E-state index contributed by atoms with van der Waals surface area (Å²) >= 11 is 12.3. The Hall–Kier alpha value is -3.67. The zero-order valence-electron chi connectivity index (χ0n) is 19.6. The minimum Gasteiger partial charge on any atom is -0.496 e. The number of anilines is 1. The summed E-state index contributed by atoms with van der Waals surface area (Å²) in [6.45, 7) is 0.693. The molecule has 0 spiro atoms. The van der Waals surface area contributed by atoms with Gasteiger partial charge >= 0.3 is 0 Å². The van der Waals surface area contributed by atoms with E-state index >= 15 is 0 Å². The number of amides is 1. The molecular formula is C29H24Cl2N2O3. The maximum atomic E-state index is 13.6. The second kappa shape index (κ2) is 10.5. The lowest BCUT2D eigenvalue weighted by Crippen LogP contribution is -2.42. The Morgan fingerprint density at radius 1 is 0.889 bits per heavy atom. The molecule has 0 bridgehead atoms. The molecule has 5 nitrogen and oxygen atoms in total. The van der Waals surface area contributed by atoms with Crippen molar-refractivity contribution in [2.24, 2.45) is 0 Å². The van der Waals surface area contributed by atoms with Crippen molar-refractivity contribution in [3.63, 3.8) is 0 Å². The van der Waals surface area contributed by atoms with Crippen LogP contribution in [0, 0.1) is 0 Å². The van der Waals surface area contributed by atoms with Gasteiger partial charge in [-0.3, -0.25) is 4.79 Å². The number of para-hydroxylation sites is 1. The number of rotatable bonds is 7. The molecule has 1 aliphatic rings. The monoisotopic (exact) mass is 518 g/mol. The second-order valence-electron chi connectivity index (χ2n) is 8.45. The minimum atomic E-state index is -0.378. The van der Waals surface area contributed by atoms with Gasteiger partial charge in [0.25, 0.3) is 5.91 Å². The molecule has 0 saturated carbocycles. The molecule has 0 radical (unpaired) electrons. The van der Waals surface area contributed by atoms with E-state index in [1.165, 1.54) is 0 Å². The van der Waals surface area contributed by atoms with Gasteiger partial charge < -0.3 is 19.7 Å². The zero-order valence-corrected chi connectivity index (χ0v) is 21.1. The van der Waals surface area contributed by atoms with Crippen LogP contribution in [0.2, 0.25) is 10.0 Å². The van der Waals surface area contributed by atoms with Crippen molar-refractivity contribution in [3.05, 3.63) is 123 Å². The highest BCUT2D eigenvalue weighted by atomic mass is 35.5. The number of hydrogen-bond donors (Lipinski definition) is 1. The lowest BCUT2D eigenvalue weighted by molar-refractivity contribution is 0.0666. The van der Waals surface area contributed by atoms with E-state index in [-0.39, 0.29) is 18.7 Å². The van der Waals surface area contributed by atoms with E-state index in [1.54, 1.807) is 25.3 Å². The highest BCUT2D eigenvalue weighted by Gasteiger charge is 2.33. The van der Waals surface area contributed by atoms with Crippen LogP contribution in [0.3, 0.4) is 0 Å². The van der Waals surface area contributed by atoms with Gasteiger partial charge in [0.2, 0.25) is 0 Å². The summed E-state index contributed by atoms with van der Waals surface area (Å²) in [4.78, 5) is 15.4. The molecule has 1 heterocycles. The molecule has 1 aliphatic heterocycles. The lowest BCUT2D eigenvalue weighted by atomic mass is 10.0. The predicted molar refractivity (Wildman–Crippen MR) is 143 cm³/mol. The summed E-state index contributed by atoms with van der Waals surface area (Å²) in [6, 6.07) is 28.5. The maximum Gasteiger partial charge on any atom is 0.258 e. The fourth-order valence-electron chi connectivity index (χ4n) is 4.33. The standard InChI is InChI=1S/C29H24Cl2N2O3/c1-35-26-13-11-20(15-21(26)18-36-27-14-12-22(30)16-24(27)31)28-32-25-10-6-5-9-23(25)29(34)33(28)17-19-7-3-2-4-8-19/h2-16,28,32H,17-18H2,1H3/t28-/m0/s1. The van der Waals surface area contributed by atoms with Crippen molar-refractivity contribution in [1.82, 2.24) is 4.90 Å². The minimum absolute atomic E-state index is 0.0280. The quantitative estimate of drug-likeness (QED) is 0.278. The Labute approximate surface area is 220 Å². The number of halogens is 2. The van der Waals surface area contributed by atoms with E-state index < -0.39 is 0 Å². The molecular weight excluding hydrogens is 495 g/mol. The molecule has 36 heavy (non-hydrogen) atoms. The molecule has 1 atom stereocenters. The second-order valence-corrected chi connectivity index (χ2v) is 9.29. The van der Waals surface area contributed by atoms with E-state index in [0.717, 1.165) is 22.4 Å². The normalized spacial score (nSPS) is 14.7. The van der Waals surface area contributed by atoms with Crippen molar-refractivity contribution >= 4 is 34.8 Å². The first-order valence-corrected chi connectivity index (χ1v) is 12.2. The Bertz CT molecular complexity index is 1390. The molecule has 4 aromatic carbocycles. The van der Waals surface area contributed by atoms with Crippen molar-refractivity contribution in [2.75, 3.05) is 12.4 Å². The Balaban J connectivity index is 1.49. The Kier molecular flexibility index (Phi) is 7.03. The Morgan fingerprint density at radius 2 is 1.64 bits per heavy atom. The fraction of sp³-hybridized carbons (Fsp3) is 0.138. The number of benzene rings is 4. The number of carbonyl (C=O) groups is 1. The molecule has 7 heteroatoms. The van der Waals surface area contributed by atoms with Gasteiger partial charge in [-0.1, -0.05) is 71.7 Å². The summed E-state index contributed by atoms with van der Waals surface area (Å²) in [7, 11) is 1.62. The van der Waals surface area contributed by atoms with Crippen molar-refractivity contribution in [2.45, 2.75) is 19.3 Å². The van der Waals surface area contributed by atoms with Crippen molar-refractivity contribution in [1.29, 1.82) is 0 Å². The average Bonchev–Trinajstić information content (AvgIpc) is 2.90. The van der Waals surface area contributed by atoms with Crippen LogP contribution in [-0.4, -0.2) is 17.9 Å². The van der Waals surface area contributed by atoms with Crippen molar-refractivity contribution < 1.29 is 14.3 Å². The van der Waals surface area contributed by atoms with Crippen LogP contribution in [0.1, 0.15) is 33.2 Å². The Morgan fingerprint density at radius 3 is 2.42 bits per heavy atom. The maximum absolute atomic E-state index is 13.6. The first kappa shape index (κ1) is 24.0. The molecule has 0 fully saturated rings. The third kappa shape index (κ3) is 4.99. The molecule has 1 N–H and O–H groups in total. The van der Waals surface area contributed by atoms with Crippen molar-refractivity contribution in [3.8, 4) is 11.5 Å². The summed E-state index contributed by atoms with van der Waals surface area (Å²) in [5.74, 6) is 1.18. The smallest absolute Gasteiger partial charge is 0.258 e. The number of nitrogens with one attached hydrogen (secondary N) is 1. The van der Waals surface area contributed by atoms with Crippen LogP contribution in [-0.2, 0) is 13.2 Å². The molecule has 0 aliphatic carbocycles. The van der Waals surface area contributed by atoms with Crippen LogP contribution in [0.15, 0.2) is 91.0 Å². The van der Waals surface area contributed by atoms with Gasteiger partial charge in [-0.25, -0.2) is 0 Å². The SMILES string of the molecule is COc1ccc([C@H]2Nc3ccccc3C(=O)N2Cc2ccccc2)cc1COc1ccc(Cl)cc1Cl. The number of hydrogen-bond acceptors (Lipinski definition) is 4. The van der Waals surface area contributed by atoms with Crippen LogP contribution in [0.25, 0.3) is 0 Å². The van der Waals surface area contributed by atoms with E-state index in [2.05, 4.69) is 5.32 Å². The van der Waals surface area contributed by atoms with E-state index in [1.807, 2.05) is 77.7 Å². The number of nitrogens with zero attached hydrogens (tertiary/aromatic N) is 1. The van der Waals surface area contributed by atoms with E-state index in [4.69, 9.17) is 32.7 Å². The van der Waals surface area contributed by atoms with Gasteiger partial charge in [0.1, 0.15) is 24.3 Å². The van der Waals surface area contributed by atoms with Gasteiger partial charge in [-0.15, -0.1) is 0 Å². The van der Waals surface area contributed by atoms with Gasteiger partial charge in [0.15, 0.2) is 0 Å². The summed E-state index contributed by atoms with van der Waals surface area (Å²) in [5.41, 5.74) is 4.24.